The molecule has 1 heterocycles. The number of hydrogen-bond acceptors (Lipinski definition) is 8. The molecule has 0 fully saturated rings. The molecule has 1 N–H and O–H groups in total. The molecule has 0 saturated carbocycles. The predicted octanol–water partition coefficient (Wildman–Crippen LogP) is 4.39. The molecule has 0 atom stereocenters. The van der Waals surface area contributed by atoms with Gasteiger partial charge in [-0.15, -0.1) is 11.3 Å². The van der Waals surface area contributed by atoms with Crippen molar-refractivity contribution in [1.29, 1.82) is 0 Å². The number of thiazole rings is 1. The summed E-state index contributed by atoms with van der Waals surface area (Å²) in [6, 6.07) is 10.8. The number of aryl methyl sites for hydroxylation is 1. The van der Waals surface area contributed by atoms with Crippen molar-refractivity contribution < 1.29 is 14.4 Å². The summed E-state index contributed by atoms with van der Waals surface area (Å²) in [5.41, 5.74) is 5.06. The number of rotatable bonds is 8. The molecule has 0 aliphatic carbocycles. The molecule has 2 aromatic carbocycles. The van der Waals surface area contributed by atoms with Crippen LogP contribution in [0.3, 0.4) is 0 Å². The maximum atomic E-state index is 11.6. The van der Waals surface area contributed by atoms with Crippen LogP contribution < -0.4 is 14.9 Å². The predicted molar refractivity (Wildman–Crippen MR) is 108 cm³/mol. The highest BCUT2D eigenvalue weighted by Gasteiger charge is 2.22. The van der Waals surface area contributed by atoms with E-state index in [1.165, 1.54) is 30.7 Å². The second-order valence-electron chi connectivity index (χ2n) is 5.81. The number of hydrazone groups is 1. The standard InChI is InChI=1S/C19H18N4O4S/c1-13-4-3-5-14(8-13)12-27-18-16(23(24)25)9-15(10-17(18)26-2)11-21-22-19-20-6-7-28-19/h3-11H,12H2,1-2H3,(H,20,22)/b21-11-. The van der Waals surface area contributed by atoms with E-state index in [0.717, 1.165) is 11.1 Å². The molecule has 0 amide bonds. The highest BCUT2D eigenvalue weighted by Crippen LogP contribution is 2.38. The lowest BCUT2D eigenvalue weighted by Crippen LogP contribution is -2.03. The number of aromatic nitrogens is 1. The zero-order valence-electron chi connectivity index (χ0n) is 15.3. The molecule has 144 valence electrons. The van der Waals surface area contributed by atoms with E-state index >= 15 is 0 Å². The van der Waals surface area contributed by atoms with Gasteiger partial charge in [-0.25, -0.2) is 4.98 Å². The van der Waals surface area contributed by atoms with Crippen LogP contribution in [0.25, 0.3) is 0 Å². The van der Waals surface area contributed by atoms with Crippen molar-refractivity contribution in [2.24, 2.45) is 5.10 Å². The van der Waals surface area contributed by atoms with Gasteiger partial charge in [-0.2, -0.15) is 5.10 Å². The average molecular weight is 398 g/mol. The normalized spacial score (nSPS) is 10.8. The second-order valence-corrected chi connectivity index (χ2v) is 6.71. The van der Waals surface area contributed by atoms with Crippen LogP contribution in [0.5, 0.6) is 11.5 Å². The summed E-state index contributed by atoms with van der Waals surface area (Å²) in [4.78, 5) is 15.1. The molecule has 0 spiro atoms. The Bertz CT molecular complexity index is 990. The number of anilines is 1. The summed E-state index contributed by atoms with van der Waals surface area (Å²) in [5.74, 6) is 0.344. The van der Waals surface area contributed by atoms with Crippen molar-refractivity contribution in [3.63, 3.8) is 0 Å². The van der Waals surface area contributed by atoms with Crippen molar-refractivity contribution in [3.05, 3.63) is 74.8 Å². The monoisotopic (exact) mass is 398 g/mol. The highest BCUT2D eigenvalue weighted by atomic mass is 32.1. The minimum Gasteiger partial charge on any atom is -0.493 e. The molecule has 1 aromatic heterocycles. The Hall–Kier alpha value is -3.46. The van der Waals surface area contributed by atoms with Gasteiger partial charge in [-0.05, 0) is 18.6 Å². The first-order valence-electron chi connectivity index (χ1n) is 8.30. The van der Waals surface area contributed by atoms with Crippen LogP contribution in [-0.4, -0.2) is 23.2 Å². The molecular formula is C19H18N4O4S. The van der Waals surface area contributed by atoms with Crippen LogP contribution in [0.4, 0.5) is 10.8 Å². The van der Waals surface area contributed by atoms with E-state index in [0.29, 0.717) is 10.7 Å². The number of nitrogens with one attached hydrogen (secondary N) is 1. The summed E-state index contributed by atoms with van der Waals surface area (Å²) in [7, 11) is 1.44. The minimum atomic E-state index is -0.500. The largest absolute Gasteiger partial charge is 0.493 e. The zero-order valence-corrected chi connectivity index (χ0v) is 16.1. The van der Waals surface area contributed by atoms with E-state index in [2.05, 4.69) is 15.5 Å². The van der Waals surface area contributed by atoms with Crippen molar-refractivity contribution in [1.82, 2.24) is 4.98 Å². The number of benzene rings is 2. The van der Waals surface area contributed by atoms with Crippen LogP contribution in [0.2, 0.25) is 0 Å². The van der Waals surface area contributed by atoms with Gasteiger partial charge in [-0.3, -0.25) is 15.5 Å². The lowest BCUT2D eigenvalue weighted by atomic mass is 10.1. The van der Waals surface area contributed by atoms with Gasteiger partial charge in [0.15, 0.2) is 5.75 Å². The molecule has 8 nitrogen and oxygen atoms in total. The molecule has 0 radical (unpaired) electrons. The van der Waals surface area contributed by atoms with Gasteiger partial charge < -0.3 is 9.47 Å². The van der Waals surface area contributed by atoms with Crippen molar-refractivity contribution in [2.75, 3.05) is 12.5 Å². The Morgan fingerprint density at radius 3 is 2.89 bits per heavy atom. The number of nitro groups is 1. The van der Waals surface area contributed by atoms with E-state index in [1.54, 1.807) is 12.3 Å². The van der Waals surface area contributed by atoms with Crippen LogP contribution in [0.1, 0.15) is 16.7 Å². The molecule has 3 aromatic rings. The highest BCUT2D eigenvalue weighted by molar-refractivity contribution is 7.13. The first-order valence-corrected chi connectivity index (χ1v) is 9.18. The van der Waals surface area contributed by atoms with Crippen molar-refractivity contribution in [3.8, 4) is 11.5 Å². The van der Waals surface area contributed by atoms with Crippen LogP contribution in [0, 0.1) is 17.0 Å². The molecule has 0 unspecified atom stereocenters. The fourth-order valence-corrected chi connectivity index (χ4v) is 2.99. The Labute approximate surface area is 165 Å². The van der Waals surface area contributed by atoms with Crippen molar-refractivity contribution in [2.45, 2.75) is 13.5 Å². The van der Waals surface area contributed by atoms with E-state index in [9.17, 15) is 10.1 Å². The summed E-state index contributed by atoms with van der Waals surface area (Å²) in [5, 5.41) is 18.0. The molecule has 0 saturated heterocycles. The van der Waals surface area contributed by atoms with E-state index in [-0.39, 0.29) is 23.8 Å². The lowest BCUT2D eigenvalue weighted by Gasteiger charge is -2.12. The van der Waals surface area contributed by atoms with Gasteiger partial charge in [-0.1, -0.05) is 29.8 Å². The van der Waals surface area contributed by atoms with Gasteiger partial charge in [0.1, 0.15) is 6.61 Å². The second kappa shape index (κ2) is 8.96. The molecule has 0 aliphatic heterocycles. The fourth-order valence-electron chi connectivity index (χ4n) is 2.51. The fraction of sp³-hybridized carbons (Fsp3) is 0.158. The van der Waals surface area contributed by atoms with Crippen LogP contribution in [0.15, 0.2) is 53.1 Å². The van der Waals surface area contributed by atoms with Gasteiger partial charge in [0.05, 0.1) is 18.2 Å². The van der Waals surface area contributed by atoms with Crippen molar-refractivity contribution >= 4 is 28.4 Å². The Balaban J connectivity index is 1.84. The number of hydrogen-bond donors (Lipinski definition) is 1. The minimum absolute atomic E-state index is 0.0824. The number of nitro benzene ring substituents is 1. The number of ether oxygens (including phenoxy) is 2. The smallest absolute Gasteiger partial charge is 0.315 e. The molecule has 0 aliphatic rings. The first kappa shape index (κ1) is 19.3. The van der Waals surface area contributed by atoms with E-state index in [4.69, 9.17) is 9.47 Å². The molecule has 9 heteroatoms. The summed E-state index contributed by atoms with van der Waals surface area (Å²) in [6.45, 7) is 2.17. The van der Waals surface area contributed by atoms with Crippen LogP contribution in [-0.2, 0) is 6.61 Å². The number of nitrogens with zero attached hydrogens (tertiary/aromatic N) is 3. The topological polar surface area (TPSA) is 98.9 Å². The SMILES string of the molecule is COc1cc(/C=N\Nc2nccs2)cc([N+](=O)[O-])c1OCc1cccc(C)c1. The third-order valence-corrected chi connectivity index (χ3v) is 4.42. The molecule has 28 heavy (non-hydrogen) atoms. The Kier molecular flexibility index (Phi) is 6.18. The quantitative estimate of drug-likeness (QED) is 0.343. The maximum absolute atomic E-state index is 11.6. The average Bonchev–Trinajstić information content (AvgIpc) is 3.19. The van der Waals surface area contributed by atoms with Crippen LogP contribution >= 0.6 is 11.3 Å². The zero-order chi connectivity index (χ0) is 19.9. The van der Waals surface area contributed by atoms with Gasteiger partial charge >= 0.3 is 5.69 Å². The number of methoxy groups -OCH3 is 1. The van der Waals surface area contributed by atoms with E-state index < -0.39 is 4.92 Å². The van der Waals surface area contributed by atoms with Gasteiger partial charge in [0, 0.05) is 23.2 Å². The van der Waals surface area contributed by atoms with E-state index in [1.807, 2.05) is 36.6 Å². The Morgan fingerprint density at radius 2 is 2.21 bits per heavy atom. The Morgan fingerprint density at radius 1 is 1.36 bits per heavy atom. The van der Waals surface area contributed by atoms with Gasteiger partial charge in [0.2, 0.25) is 10.9 Å². The van der Waals surface area contributed by atoms with Gasteiger partial charge in [0.25, 0.3) is 0 Å². The molecule has 0 bridgehead atoms. The third-order valence-electron chi connectivity index (χ3n) is 3.75. The summed E-state index contributed by atoms with van der Waals surface area (Å²) >= 11 is 1.39. The lowest BCUT2D eigenvalue weighted by molar-refractivity contribution is -0.386. The summed E-state index contributed by atoms with van der Waals surface area (Å²) < 4.78 is 11.1. The first-order chi connectivity index (χ1) is 13.6. The molecular weight excluding hydrogens is 380 g/mol. The molecule has 3 rings (SSSR count). The third kappa shape index (κ3) is 4.83. The summed E-state index contributed by atoms with van der Waals surface area (Å²) in [6.07, 6.45) is 3.11. The maximum Gasteiger partial charge on any atom is 0.315 e.